The number of Topliss-reactive ketones (excluding diaryl/α,β-unsaturated/α-hetero) is 1. The summed E-state index contributed by atoms with van der Waals surface area (Å²) in [6, 6.07) is -1.59. The van der Waals surface area contributed by atoms with Gasteiger partial charge in [-0.2, -0.15) is 0 Å². The number of rotatable bonds is 5. The molecule has 0 aliphatic carbocycles. The molecule has 0 saturated heterocycles. The van der Waals surface area contributed by atoms with Crippen LogP contribution in [0.5, 0.6) is 0 Å². The molecular weight excluding hydrogens is 246 g/mol. The molecular formula is C6H8BrNO5. The Morgan fingerprint density at radius 1 is 1.62 bits per heavy atom. The summed E-state index contributed by atoms with van der Waals surface area (Å²) >= 11 is 2.84. The van der Waals surface area contributed by atoms with E-state index in [0.29, 0.717) is 0 Å². The topological polar surface area (TPSA) is 86.5 Å². The summed E-state index contributed by atoms with van der Waals surface area (Å²) in [6.45, 7) is 0. The van der Waals surface area contributed by atoms with Crippen LogP contribution in [-0.2, 0) is 14.3 Å². The Morgan fingerprint density at radius 2 is 2.15 bits per heavy atom. The fourth-order valence-corrected chi connectivity index (χ4v) is 0.879. The van der Waals surface area contributed by atoms with Crippen molar-refractivity contribution in [1.29, 1.82) is 0 Å². The van der Waals surface area contributed by atoms with Gasteiger partial charge in [0.15, 0.2) is 5.78 Å². The summed E-state index contributed by atoms with van der Waals surface area (Å²) in [4.78, 5) is 31.0. The number of hydrogen-bond acceptors (Lipinski definition) is 5. The fourth-order valence-electron chi connectivity index (χ4n) is 0.650. The molecule has 0 fully saturated rings. The van der Waals surface area contributed by atoms with Gasteiger partial charge in [0.1, 0.15) is 0 Å². The number of ether oxygens (including phenoxy) is 1. The van der Waals surface area contributed by atoms with Gasteiger partial charge in [0, 0.05) is 4.92 Å². The molecule has 0 rings (SSSR count). The number of carbonyl (C=O) groups excluding carboxylic acids is 2. The van der Waals surface area contributed by atoms with Gasteiger partial charge in [-0.1, -0.05) is 15.9 Å². The third-order valence-corrected chi connectivity index (χ3v) is 1.92. The minimum atomic E-state index is -1.59. The molecule has 1 atom stereocenters. The van der Waals surface area contributed by atoms with Gasteiger partial charge in [-0.25, -0.2) is 4.79 Å². The zero-order chi connectivity index (χ0) is 10.4. The number of methoxy groups -OCH3 is 1. The predicted molar refractivity (Wildman–Crippen MR) is 46.2 cm³/mol. The minimum Gasteiger partial charge on any atom is -0.464 e. The van der Waals surface area contributed by atoms with Gasteiger partial charge in [0.25, 0.3) is 0 Å². The van der Waals surface area contributed by atoms with Crippen LogP contribution in [0.1, 0.15) is 6.42 Å². The Balaban J connectivity index is 4.35. The van der Waals surface area contributed by atoms with E-state index < -0.39 is 29.1 Å². The second kappa shape index (κ2) is 5.63. The molecule has 7 heteroatoms. The highest BCUT2D eigenvalue weighted by molar-refractivity contribution is 9.09. The Bertz CT molecular complexity index is 229. The monoisotopic (exact) mass is 253 g/mol. The number of esters is 1. The zero-order valence-corrected chi connectivity index (χ0v) is 8.44. The molecule has 0 amide bonds. The second-order valence-electron chi connectivity index (χ2n) is 2.20. The van der Waals surface area contributed by atoms with E-state index in [4.69, 9.17) is 0 Å². The Hall–Kier alpha value is -0.980. The molecule has 0 heterocycles. The molecule has 0 aliphatic heterocycles. The molecule has 0 spiro atoms. The highest BCUT2D eigenvalue weighted by Crippen LogP contribution is 2.02. The molecule has 0 aliphatic rings. The first-order valence-electron chi connectivity index (χ1n) is 3.32. The standard InChI is InChI=1S/C6H8BrNO5/c1-13-6(10)5(8(11)12)2-4(9)3-7/h5H,2-3H2,1H3. The van der Waals surface area contributed by atoms with Crippen molar-refractivity contribution in [2.24, 2.45) is 0 Å². The zero-order valence-electron chi connectivity index (χ0n) is 6.86. The predicted octanol–water partition coefficient (Wildman–Crippen LogP) is 0.159. The van der Waals surface area contributed by atoms with Crippen LogP contribution in [0.2, 0.25) is 0 Å². The summed E-state index contributed by atoms with van der Waals surface area (Å²) < 4.78 is 4.17. The van der Waals surface area contributed by atoms with E-state index in [1.807, 2.05) is 0 Å². The lowest BCUT2D eigenvalue weighted by molar-refractivity contribution is -0.509. The average Bonchev–Trinajstić information content (AvgIpc) is 2.11. The van der Waals surface area contributed by atoms with Gasteiger partial charge in [0.2, 0.25) is 0 Å². The van der Waals surface area contributed by atoms with Gasteiger partial charge in [0.05, 0.1) is 18.9 Å². The number of hydrogen-bond donors (Lipinski definition) is 0. The molecule has 0 saturated carbocycles. The maximum atomic E-state index is 10.8. The van der Waals surface area contributed by atoms with Gasteiger partial charge >= 0.3 is 12.0 Å². The number of alkyl halides is 1. The van der Waals surface area contributed by atoms with E-state index in [-0.39, 0.29) is 5.33 Å². The van der Waals surface area contributed by atoms with Crippen LogP contribution >= 0.6 is 15.9 Å². The smallest absolute Gasteiger partial charge is 0.381 e. The summed E-state index contributed by atoms with van der Waals surface area (Å²) in [5.41, 5.74) is 0. The Labute approximate surface area is 82.5 Å². The van der Waals surface area contributed by atoms with E-state index in [1.54, 1.807) is 0 Å². The van der Waals surface area contributed by atoms with Crippen molar-refractivity contribution in [2.45, 2.75) is 12.5 Å². The van der Waals surface area contributed by atoms with Crippen molar-refractivity contribution in [3.63, 3.8) is 0 Å². The van der Waals surface area contributed by atoms with E-state index in [1.165, 1.54) is 0 Å². The van der Waals surface area contributed by atoms with Gasteiger partial charge in [-0.3, -0.25) is 14.9 Å². The summed E-state index contributed by atoms with van der Waals surface area (Å²) in [5.74, 6) is -1.41. The van der Waals surface area contributed by atoms with E-state index in [9.17, 15) is 19.7 Å². The molecule has 0 aromatic carbocycles. The number of nitro groups is 1. The normalized spacial score (nSPS) is 11.8. The van der Waals surface area contributed by atoms with Crippen LogP contribution in [0.25, 0.3) is 0 Å². The maximum Gasteiger partial charge on any atom is 0.381 e. The molecule has 1 unspecified atom stereocenters. The second-order valence-corrected chi connectivity index (χ2v) is 2.76. The van der Waals surface area contributed by atoms with Crippen LogP contribution in [0, 0.1) is 10.1 Å². The first kappa shape index (κ1) is 12.0. The van der Waals surface area contributed by atoms with E-state index in [0.717, 1.165) is 7.11 Å². The van der Waals surface area contributed by atoms with Gasteiger partial charge in [-0.15, -0.1) is 0 Å². The highest BCUT2D eigenvalue weighted by Gasteiger charge is 2.32. The molecule has 0 bridgehead atoms. The van der Waals surface area contributed by atoms with Crippen molar-refractivity contribution in [2.75, 3.05) is 12.4 Å². The van der Waals surface area contributed by atoms with Crippen LogP contribution < -0.4 is 0 Å². The molecule has 0 N–H and O–H groups in total. The van der Waals surface area contributed by atoms with Crippen LogP contribution in [0.15, 0.2) is 0 Å². The summed E-state index contributed by atoms with van der Waals surface area (Å²) in [5, 5.41) is 10.3. The minimum absolute atomic E-state index is 0.00562. The first-order valence-corrected chi connectivity index (χ1v) is 4.44. The molecule has 0 radical (unpaired) electrons. The number of carbonyl (C=O) groups is 2. The first-order chi connectivity index (χ1) is 6.02. The van der Waals surface area contributed by atoms with Crippen LogP contribution in [0.4, 0.5) is 0 Å². The van der Waals surface area contributed by atoms with Crippen molar-refractivity contribution < 1.29 is 19.2 Å². The number of halogens is 1. The highest BCUT2D eigenvalue weighted by atomic mass is 79.9. The Morgan fingerprint density at radius 3 is 2.46 bits per heavy atom. The van der Waals surface area contributed by atoms with E-state index in [2.05, 4.69) is 20.7 Å². The molecule has 0 aromatic rings. The third kappa shape index (κ3) is 3.97. The average molecular weight is 254 g/mol. The lowest BCUT2D eigenvalue weighted by Gasteiger charge is -2.04. The van der Waals surface area contributed by atoms with Gasteiger partial charge in [-0.05, 0) is 0 Å². The Kier molecular flexibility index (Phi) is 5.20. The fraction of sp³-hybridized carbons (Fsp3) is 0.667. The quantitative estimate of drug-likeness (QED) is 0.302. The van der Waals surface area contributed by atoms with Crippen molar-refractivity contribution >= 4 is 27.7 Å². The molecule has 74 valence electrons. The number of ketones is 1. The summed E-state index contributed by atoms with van der Waals surface area (Å²) in [6.07, 6.45) is -0.440. The molecule has 6 nitrogen and oxygen atoms in total. The lowest BCUT2D eigenvalue weighted by Crippen LogP contribution is -2.33. The maximum absolute atomic E-state index is 10.8. The van der Waals surface area contributed by atoms with Gasteiger partial charge < -0.3 is 4.74 Å². The van der Waals surface area contributed by atoms with Crippen LogP contribution in [0.3, 0.4) is 0 Å². The SMILES string of the molecule is COC(=O)C(CC(=O)CBr)[N+](=O)[O-]. The van der Waals surface area contributed by atoms with E-state index >= 15 is 0 Å². The largest absolute Gasteiger partial charge is 0.464 e. The van der Waals surface area contributed by atoms with Crippen LogP contribution in [-0.4, -0.2) is 35.2 Å². The molecule has 0 aromatic heterocycles. The molecule has 13 heavy (non-hydrogen) atoms. The third-order valence-electron chi connectivity index (χ3n) is 1.30. The van der Waals surface area contributed by atoms with Crippen molar-refractivity contribution in [3.8, 4) is 0 Å². The van der Waals surface area contributed by atoms with Crippen molar-refractivity contribution in [1.82, 2.24) is 0 Å². The van der Waals surface area contributed by atoms with Crippen molar-refractivity contribution in [3.05, 3.63) is 10.1 Å². The number of nitrogens with zero attached hydrogens (tertiary/aromatic N) is 1. The lowest BCUT2D eigenvalue weighted by atomic mass is 10.2. The summed E-state index contributed by atoms with van der Waals surface area (Å²) in [7, 11) is 1.04.